The topological polar surface area (TPSA) is 95.4 Å². The molecule has 9 heteroatoms. The second-order valence-corrected chi connectivity index (χ2v) is 7.40. The Balaban J connectivity index is 1.52. The first-order valence-corrected chi connectivity index (χ1v) is 9.67. The van der Waals surface area contributed by atoms with E-state index in [0.29, 0.717) is 29.7 Å². The highest BCUT2D eigenvalue weighted by Crippen LogP contribution is 2.24. The second-order valence-electron chi connectivity index (χ2n) is 5.71. The Hall–Kier alpha value is -2.13. The van der Waals surface area contributed by atoms with E-state index in [1.54, 1.807) is 0 Å². The third kappa shape index (κ3) is 4.93. The van der Waals surface area contributed by atoms with Crippen molar-refractivity contribution in [3.63, 3.8) is 0 Å². The summed E-state index contributed by atoms with van der Waals surface area (Å²) in [6.45, 7) is 0.791. The van der Waals surface area contributed by atoms with E-state index in [0.717, 1.165) is 17.3 Å². The summed E-state index contributed by atoms with van der Waals surface area (Å²) in [4.78, 5) is 29.2. The molecule has 0 aliphatic carbocycles. The van der Waals surface area contributed by atoms with Crippen LogP contribution in [-0.2, 0) is 10.5 Å². The Morgan fingerprint density at radius 1 is 1.36 bits per heavy atom. The van der Waals surface area contributed by atoms with E-state index in [2.05, 4.69) is 14.7 Å². The maximum atomic E-state index is 12.3. The fourth-order valence-electron chi connectivity index (χ4n) is 2.58. The number of nitrogens with zero attached hydrogens (tertiary/aromatic N) is 3. The maximum Gasteiger partial charge on any atom is 0.323 e. The lowest BCUT2D eigenvalue weighted by molar-refractivity contribution is -0.143. The fraction of sp³-hybridized carbons (Fsp3) is 0.375. The molecule has 0 saturated carbocycles. The maximum absolute atomic E-state index is 12.3. The van der Waals surface area contributed by atoms with Crippen LogP contribution in [0.3, 0.4) is 0 Å². The molecule has 1 aliphatic rings. The number of anilines is 1. The van der Waals surface area contributed by atoms with E-state index in [9.17, 15) is 9.59 Å². The summed E-state index contributed by atoms with van der Waals surface area (Å²) >= 11 is 2.63. The number of amides is 2. The monoisotopic (exact) mass is 378 g/mol. The van der Waals surface area contributed by atoms with E-state index < -0.39 is 11.9 Å². The van der Waals surface area contributed by atoms with Gasteiger partial charge in [0.1, 0.15) is 0 Å². The van der Waals surface area contributed by atoms with Gasteiger partial charge in [0, 0.05) is 30.4 Å². The third-order valence-corrected chi connectivity index (χ3v) is 5.55. The predicted octanol–water partition coefficient (Wildman–Crippen LogP) is 3.16. The molecule has 132 valence electrons. The van der Waals surface area contributed by atoms with Crippen molar-refractivity contribution in [3.8, 4) is 0 Å². The molecule has 2 aromatic rings. The highest BCUT2D eigenvalue weighted by Gasteiger charge is 2.28. The van der Waals surface area contributed by atoms with Gasteiger partial charge in [-0.15, -0.1) is 0 Å². The number of piperidine rings is 1. The molecule has 0 radical (unpaired) electrons. The van der Waals surface area contributed by atoms with Crippen LogP contribution in [0.15, 0.2) is 35.5 Å². The molecule has 25 heavy (non-hydrogen) atoms. The number of hydrogen-bond donors (Lipinski definition) is 2. The summed E-state index contributed by atoms with van der Waals surface area (Å²) in [6.07, 6.45) is 1.30. The molecule has 2 heterocycles. The van der Waals surface area contributed by atoms with Crippen molar-refractivity contribution in [2.24, 2.45) is 5.92 Å². The molecule has 2 amide bonds. The van der Waals surface area contributed by atoms with Gasteiger partial charge in [0.25, 0.3) is 0 Å². The van der Waals surface area contributed by atoms with E-state index in [1.807, 2.05) is 30.3 Å². The molecule has 1 saturated heterocycles. The van der Waals surface area contributed by atoms with E-state index in [4.69, 9.17) is 5.11 Å². The van der Waals surface area contributed by atoms with Gasteiger partial charge in [0.05, 0.1) is 5.92 Å². The zero-order valence-electron chi connectivity index (χ0n) is 13.4. The van der Waals surface area contributed by atoms with Gasteiger partial charge in [-0.25, -0.2) is 4.79 Å². The van der Waals surface area contributed by atoms with Crippen molar-refractivity contribution in [2.75, 3.05) is 18.4 Å². The number of carboxylic acids is 1. The highest BCUT2D eigenvalue weighted by molar-refractivity contribution is 7.98. The van der Waals surface area contributed by atoms with Crippen LogP contribution in [0.1, 0.15) is 18.4 Å². The van der Waals surface area contributed by atoms with Crippen molar-refractivity contribution in [1.82, 2.24) is 14.3 Å². The highest BCUT2D eigenvalue weighted by atomic mass is 32.2. The van der Waals surface area contributed by atoms with Gasteiger partial charge in [-0.3, -0.25) is 10.1 Å². The lowest BCUT2D eigenvalue weighted by atomic mass is 9.99. The first-order chi connectivity index (χ1) is 12.1. The van der Waals surface area contributed by atoms with Crippen LogP contribution in [0.25, 0.3) is 0 Å². The van der Waals surface area contributed by atoms with E-state index >= 15 is 0 Å². The largest absolute Gasteiger partial charge is 0.481 e. The molecule has 1 atom stereocenters. The minimum atomic E-state index is -0.854. The molecular formula is C16H18N4O3S2. The summed E-state index contributed by atoms with van der Waals surface area (Å²) in [5, 5.41) is 12.9. The van der Waals surface area contributed by atoms with E-state index in [1.165, 1.54) is 22.2 Å². The van der Waals surface area contributed by atoms with Crippen molar-refractivity contribution < 1.29 is 14.7 Å². The van der Waals surface area contributed by atoms with Crippen LogP contribution in [0.4, 0.5) is 9.93 Å². The van der Waals surface area contributed by atoms with Crippen molar-refractivity contribution in [1.29, 1.82) is 0 Å². The number of hydrogen-bond acceptors (Lipinski definition) is 6. The Labute approximate surface area is 153 Å². The Bertz CT molecular complexity index is 738. The summed E-state index contributed by atoms with van der Waals surface area (Å²) in [5.41, 5.74) is 1.18. The molecular weight excluding hydrogens is 360 g/mol. The molecule has 7 nitrogen and oxygen atoms in total. The van der Waals surface area contributed by atoms with Gasteiger partial charge in [0.2, 0.25) is 10.3 Å². The molecule has 1 aromatic heterocycles. The van der Waals surface area contributed by atoms with Crippen LogP contribution < -0.4 is 5.32 Å². The smallest absolute Gasteiger partial charge is 0.323 e. The number of carbonyl (C=O) groups is 2. The molecule has 0 bridgehead atoms. The van der Waals surface area contributed by atoms with Crippen LogP contribution in [0, 0.1) is 5.92 Å². The second kappa shape index (κ2) is 8.30. The van der Waals surface area contributed by atoms with Gasteiger partial charge in [-0.05, 0) is 18.4 Å². The minimum absolute atomic E-state index is 0.232. The number of carbonyl (C=O) groups excluding carboxylic acids is 1. The molecule has 1 unspecified atom stereocenters. The summed E-state index contributed by atoms with van der Waals surface area (Å²) in [7, 11) is 0. The normalized spacial score (nSPS) is 17.3. The average Bonchev–Trinajstić information content (AvgIpc) is 3.08. The Morgan fingerprint density at radius 2 is 2.16 bits per heavy atom. The lowest BCUT2D eigenvalue weighted by Gasteiger charge is -2.30. The van der Waals surface area contributed by atoms with Crippen molar-refractivity contribution in [2.45, 2.75) is 23.8 Å². The number of thioether (sulfide) groups is 1. The summed E-state index contributed by atoms with van der Waals surface area (Å²) in [5.74, 6) is -0.587. The number of likely N-dealkylation sites (tertiary alicyclic amines) is 1. The predicted molar refractivity (Wildman–Crippen MR) is 96.9 cm³/mol. The number of aliphatic carboxylic acids is 1. The lowest BCUT2D eigenvalue weighted by Crippen LogP contribution is -2.44. The molecule has 2 N–H and O–H groups in total. The summed E-state index contributed by atoms with van der Waals surface area (Å²) < 4.78 is 4.24. The number of nitrogens with one attached hydrogen (secondary N) is 1. The summed E-state index contributed by atoms with van der Waals surface area (Å²) in [6, 6.07) is 9.70. The van der Waals surface area contributed by atoms with E-state index in [-0.39, 0.29) is 12.6 Å². The van der Waals surface area contributed by atoms with Gasteiger partial charge < -0.3 is 10.0 Å². The van der Waals surface area contributed by atoms with Crippen LogP contribution in [0.5, 0.6) is 0 Å². The molecule has 0 spiro atoms. The molecule has 3 rings (SSSR count). The molecule has 1 aliphatic heterocycles. The van der Waals surface area contributed by atoms with Gasteiger partial charge in [-0.2, -0.15) is 9.36 Å². The molecule has 1 fully saturated rings. The standard InChI is InChI=1S/C16H18N4O3S2/c21-13(22)12-7-4-8-20(9-12)16(23)18-14-17-15(19-25-14)24-10-11-5-2-1-3-6-11/h1-3,5-6,12H,4,7-10H2,(H,21,22)(H,17,18,19,23). The van der Waals surface area contributed by atoms with Crippen LogP contribution >= 0.6 is 23.3 Å². The quantitative estimate of drug-likeness (QED) is 0.776. The van der Waals surface area contributed by atoms with Crippen LogP contribution in [-0.4, -0.2) is 44.5 Å². The van der Waals surface area contributed by atoms with Gasteiger partial charge in [-0.1, -0.05) is 42.1 Å². The number of benzene rings is 1. The SMILES string of the molecule is O=C(O)C1CCCN(C(=O)Nc2nc(SCc3ccccc3)ns2)C1. The van der Waals surface area contributed by atoms with Crippen molar-refractivity contribution >= 4 is 40.4 Å². The zero-order valence-corrected chi connectivity index (χ0v) is 15.1. The first-order valence-electron chi connectivity index (χ1n) is 7.91. The van der Waals surface area contributed by atoms with Gasteiger partial charge in [0.15, 0.2) is 0 Å². The number of aromatic nitrogens is 2. The van der Waals surface area contributed by atoms with Gasteiger partial charge >= 0.3 is 12.0 Å². The Kier molecular flexibility index (Phi) is 5.87. The first kappa shape index (κ1) is 17.7. The minimum Gasteiger partial charge on any atom is -0.481 e. The van der Waals surface area contributed by atoms with Crippen molar-refractivity contribution in [3.05, 3.63) is 35.9 Å². The van der Waals surface area contributed by atoms with Crippen LogP contribution in [0.2, 0.25) is 0 Å². The zero-order chi connectivity index (χ0) is 17.6. The number of carboxylic acid groups (broad SMARTS) is 1. The number of rotatable bonds is 5. The number of urea groups is 1. The molecule has 1 aromatic carbocycles. The fourth-order valence-corrected chi connectivity index (χ4v) is 4.07. The Morgan fingerprint density at radius 3 is 2.92 bits per heavy atom. The average molecular weight is 378 g/mol. The third-order valence-electron chi connectivity index (χ3n) is 3.89.